The number of nitrogens with one attached hydrogen (secondary N) is 1. The van der Waals surface area contributed by atoms with E-state index >= 15 is 0 Å². The van der Waals surface area contributed by atoms with Crippen molar-refractivity contribution in [1.82, 2.24) is 4.57 Å². The van der Waals surface area contributed by atoms with Gasteiger partial charge >= 0.3 is 0 Å². The molecule has 0 radical (unpaired) electrons. The lowest BCUT2D eigenvalue weighted by atomic mass is 9.95. The summed E-state index contributed by atoms with van der Waals surface area (Å²) in [4.78, 5) is 32.9. The van der Waals surface area contributed by atoms with Gasteiger partial charge in [0.15, 0.2) is 22.9 Å². The third kappa shape index (κ3) is 5.81. The van der Waals surface area contributed by atoms with Crippen LogP contribution in [0.2, 0.25) is 0 Å². The molecule has 3 aromatic carbocycles. The van der Waals surface area contributed by atoms with Crippen LogP contribution in [0.5, 0.6) is 17.2 Å². The summed E-state index contributed by atoms with van der Waals surface area (Å²) in [6.07, 6.45) is 1.76. The molecule has 9 nitrogen and oxygen atoms in total. The summed E-state index contributed by atoms with van der Waals surface area (Å²) in [5, 5.41) is 11.9. The van der Waals surface area contributed by atoms with E-state index < -0.39 is 6.04 Å². The number of allylic oxidation sites excluding steroid dienone is 1. The van der Waals surface area contributed by atoms with Crippen LogP contribution in [0, 0.1) is 14.9 Å². The fourth-order valence-electron chi connectivity index (χ4n) is 4.68. The van der Waals surface area contributed by atoms with Crippen LogP contribution in [0.3, 0.4) is 0 Å². The van der Waals surface area contributed by atoms with Crippen molar-refractivity contribution in [2.75, 3.05) is 26.1 Å². The molecule has 0 bridgehead atoms. The molecule has 1 aromatic heterocycles. The highest BCUT2D eigenvalue weighted by atomic mass is 127. The summed E-state index contributed by atoms with van der Waals surface area (Å²) >= 11 is 3.34. The number of nitriles is 1. The zero-order chi connectivity index (χ0) is 29.8. The minimum Gasteiger partial charge on any atom is -0.497 e. The maximum Gasteiger partial charge on any atom is 0.271 e. The van der Waals surface area contributed by atoms with E-state index in [-0.39, 0.29) is 18.1 Å². The van der Waals surface area contributed by atoms with Crippen LogP contribution in [-0.2, 0) is 4.79 Å². The van der Waals surface area contributed by atoms with E-state index in [0.717, 1.165) is 3.57 Å². The maximum atomic E-state index is 14.0. The average molecular weight is 693 g/mol. The van der Waals surface area contributed by atoms with Gasteiger partial charge in [-0.1, -0.05) is 41.7 Å². The number of thiazole rings is 1. The third-order valence-electron chi connectivity index (χ3n) is 6.54. The highest BCUT2D eigenvalue weighted by molar-refractivity contribution is 14.1. The Kier molecular flexibility index (Phi) is 8.75. The van der Waals surface area contributed by atoms with Crippen LogP contribution in [0.4, 0.5) is 5.69 Å². The molecule has 1 atom stereocenters. The van der Waals surface area contributed by atoms with Gasteiger partial charge in [-0.15, -0.1) is 0 Å². The first-order valence-corrected chi connectivity index (χ1v) is 14.6. The van der Waals surface area contributed by atoms with Crippen LogP contribution in [0.15, 0.2) is 87.8 Å². The Bertz CT molecular complexity index is 1930. The van der Waals surface area contributed by atoms with E-state index in [0.29, 0.717) is 54.7 Å². The minimum absolute atomic E-state index is 0.117. The number of fused-ring (bicyclic) bond motifs is 1. The number of para-hydroxylation sites is 1. The molecule has 5 rings (SSSR count). The van der Waals surface area contributed by atoms with Gasteiger partial charge in [0.1, 0.15) is 11.8 Å². The Morgan fingerprint density at radius 1 is 1.14 bits per heavy atom. The predicted octanol–water partition coefficient (Wildman–Crippen LogP) is 4.40. The lowest BCUT2D eigenvalue weighted by Crippen LogP contribution is -2.40. The average Bonchev–Trinajstić information content (AvgIpc) is 3.29. The first-order valence-electron chi connectivity index (χ1n) is 12.7. The Morgan fingerprint density at radius 3 is 2.64 bits per heavy atom. The second kappa shape index (κ2) is 12.6. The molecule has 0 spiro atoms. The molecule has 0 saturated carbocycles. The number of ether oxygens (including phenoxy) is 3. The van der Waals surface area contributed by atoms with Gasteiger partial charge in [0.25, 0.3) is 11.5 Å². The highest BCUT2D eigenvalue weighted by Gasteiger charge is 2.32. The van der Waals surface area contributed by atoms with Gasteiger partial charge in [0.05, 0.1) is 39.6 Å². The number of rotatable bonds is 8. The van der Waals surface area contributed by atoms with Crippen molar-refractivity contribution < 1.29 is 19.0 Å². The molecule has 42 heavy (non-hydrogen) atoms. The van der Waals surface area contributed by atoms with Crippen molar-refractivity contribution in [2.45, 2.75) is 13.0 Å². The Labute approximate surface area is 259 Å². The standard InChI is InChI=1S/C31H25IN4O5S/c1-18-26(29(37)35-21-9-5-4-6-10-21)27(20-8-7-11-22(17-20)39-2)36-30(38)25(42-31(36)34-18)16-19-14-23(32)28(41-13-12-33)24(15-19)40-3/h4-11,14-17,27H,13H2,1-3H3,(H,35,37)/b25-16-/t27-/m1/s1. The molecule has 0 unspecified atom stereocenters. The predicted molar refractivity (Wildman–Crippen MR) is 169 cm³/mol. The van der Waals surface area contributed by atoms with Gasteiger partial charge in [-0.2, -0.15) is 5.26 Å². The quantitative estimate of drug-likeness (QED) is 0.274. The highest BCUT2D eigenvalue weighted by Crippen LogP contribution is 2.35. The van der Waals surface area contributed by atoms with Crippen LogP contribution in [-0.4, -0.2) is 31.3 Å². The number of benzene rings is 3. The van der Waals surface area contributed by atoms with Crippen molar-refractivity contribution in [1.29, 1.82) is 5.26 Å². The van der Waals surface area contributed by atoms with Gasteiger partial charge in [0.2, 0.25) is 0 Å². The Hall–Kier alpha value is -4.41. The number of hydrogen-bond donors (Lipinski definition) is 1. The number of anilines is 1. The van der Waals surface area contributed by atoms with E-state index in [1.165, 1.54) is 18.4 Å². The van der Waals surface area contributed by atoms with Crippen LogP contribution in [0.1, 0.15) is 24.1 Å². The molecule has 11 heteroatoms. The lowest BCUT2D eigenvalue weighted by molar-refractivity contribution is -0.113. The Balaban J connectivity index is 1.66. The van der Waals surface area contributed by atoms with E-state index in [9.17, 15) is 9.59 Å². The largest absolute Gasteiger partial charge is 0.497 e. The summed E-state index contributed by atoms with van der Waals surface area (Å²) in [7, 11) is 3.09. The fraction of sp³-hybridized carbons (Fsp3) is 0.161. The van der Waals surface area contributed by atoms with Gasteiger partial charge in [0, 0.05) is 5.69 Å². The molecule has 2 heterocycles. The molecule has 0 fully saturated rings. The summed E-state index contributed by atoms with van der Waals surface area (Å²) in [5.74, 6) is 1.16. The zero-order valence-electron chi connectivity index (χ0n) is 22.9. The summed E-state index contributed by atoms with van der Waals surface area (Å²) in [6, 6.07) is 21.3. The minimum atomic E-state index is -0.737. The van der Waals surface area contributed by atoms with Crippen molar-refractivity contribution >= 4 is 51.6 Å². The van der Waals surface area contributed by atoms with E-state index in [1.54, 1.807) is 42.9 Å². The van der Waals surface area contributed by atoms with Crippen LogP contribution < -0.4 is 34.4 Å². The molecule has 1 aliphatic heterocycles. The van der Waals surface area contributed by atoms with Crippen molar-refractivity contribution in [2.24, 2.45) is 4.99 Å². The van der Waals surface area contributed by atoms with Crippen molar-refractivity contribution in [3.05, 3.63) is 112 Å². The summed E-state index contributed by atoms with van der Waals surface area (Å²) in [6.45, 7) is 1.66. The number of nitrogens with zero attached hydrogens (tertiary/aromatic N) is 3. The fourth-order valence-corrected chi connectivity index (χ4v) is 6.51. The SMILES string of the molecule is COc1cccc([C@@H]2C(C(=O)Nc3ccccc3)=C(C)N=c3s/c(=C\c4cc(I)c(OCC#N)c(OC)c4)c(=O)n32)c1. The van der Waals surface area contributed by atoms with Crippen LogP contribution >= 0.6 is 33.9 Å². The maximum absolute atomic E-state index is 14.0. The van der Waals surface area contributed by atoms with Crippen molar-refractivity contribution in [3.8, 4) is 23.3 Å². The first kappa shape index (κ1) is 29.1. The smallest absolute Gasteiger partial charge is 0.271 e. The topological polar surface area (TPSA) is 115 Å². The molecule has 1 N–H and O–H groups in total. The normalized spacial score (nSPS) is 14.5. The number of carbonyl (C=O) groups excluding carboxylic acids is 1. The van der Waals surface area contributed by atoms with E-state index in [4.69, 9.17) is 24.5 Å². The molecule has 212 valence electrons. The molecule has 1 aliphatic rings. The van der Waals surface area contributed by atoms with Gasteiger partial charge in [-0.25, -0.2) is 4.99 Å². The monoisotopic (exact) mass is 692 g/mol. The van der Waals surface area contributed by atoms with Crippen LogP contribution in [0.25, 0.3) is 6.08 Å². The summed E-state index contributed by atoms with van der Waals surface area (Å²) < 4.78 is 19.2. The number of halogens is 1. The number of carbonyl (C=O) groups is 1. The lowest BCUT2D eigenvalue weighted by Gasteiger charge is -2.25. The van der Waals surface area contributed by atoms with E-state index in [1.807, 2.05) is 54.6 Å². The molecule has 1 amide bonds. The first-order chi connectivity index (χ1) is 20.3. The zero-order valence-corrected chi connectivity index (χ0v) is 25.9. The number of methoxy groups -OCH3 is 2. The number of aromatic nitrogens is 1. The second-order valence-electron chi connectivity index (χ2n) is 9.16. The third-order valence-corrected chi connectivity index (χ3v) is 8.32. The van der Waals surface area contributed by atoms with Gasteiger partial charge in [-0.3, -0.25) is 14.2 Å². The van der Waals surface area contributed by atoms with Gasteiger partial charge < -0.3 is 19.5 Å². The summed E-state index contributed by atoms with van der Waals surface area (Å²) in [5.41, 5.74) is 2.64. The molecule has 0 saturated heterocycles. The molecule has 4 aromatic rings. The Morgan fingerprint density at radius 2 is 1.93 bits per heavy atom. The number of amides is 1. The van der Waals surface area contributed by atoms with Gasteiger partial charge in [-0.05, 0) is 83.1 Å². The molecule has 0 aliphatic carbocycles. The molecular weight excluding hydrogens is 667 g/mol. The molecular formula is C31H25IN4O5S. The number of hydrogen-bond acceptors (Lipinski definition) is 8. The second-order valence-corrected chi connectivity index (χ2v) is 11.3. The van der Waals surface area contributed by atoms with Crippen molar-refractivity contribution in [3.63, 3.8) is 0 Å². The van der Waals surface area contributed by atoms with E-state index in [2.05, 4.69) is 27.9 Å².